The molecule has 4 saturated carbocycles. The zero-order valence-corrected chi connectivity index (χ0v) is 17.7. The van der Waals surface area contributed by atoms with Crippen LogP contribution >= 0.6 is 0 Å². The molecule has 0 heterocycles. The third kappa shape index (κ3) is 4.17. The molecule has 172 valence electrons. The molecule has 0 aromatic rings. The monoisotopic (exact) mass is 440 g/mol. The normalized spacial score (nSPS) is 34.6. The minimum Gasteiger partial charge on any atom is -0.459 e. The first-order valence-electron chi connectivity index (χ1n) is 10.4. The first-order valence-corrected chi connectivity index (χ1v) is 10.4. The van der Waals surface area contributed by atoms with Gasteiger partial charge in [-0.3, -0.25) is 9.59 Å². The van der Waals surface area contributed by atoms with E-state index in [0.29, 0.717) is 19.3 Å². The highest BCUT2D eigenvalue weighted by Gasteiger charge is 2.65. The Bertz CT molecular complexity index is 681. The number of hydrogen-bond acceptors (Lipinski definition) is 4. The molecule has 0 amide bonds. The smallest absolute Gasteiger partial charge is 0.431 e. The van der Waals surface area contributed by atoms with Crippen molar-refractivity contribution >= 4 is 11.9 Å². The van der Waals surface area contributed by atoms with Gasteiger partial charge in [0.2, 0.25) is 0 Å². The second-order valence-corrected chi connectivity index (χ2v) is 10.3. The summed E-state index contributed by atoms with van der Waals surface area (Å²) in [6.45, 7) is 5.44. The SMILES string of the molecule is CCC(C)(C)C(=O)OC12CC3CC(C1)CC(C(=O)OC(C(C)(F)F)C(F)(F)F)(C3)C2. The van der Waals surface area contributed by atoms with E-state index in [0.717, 1.165) is 6.42 Å². The molecule has 3 unspecified atom stereocenters. The van der Waals surface area contributed by atoms with Crippen molar-refractivity contribution in [2.24, 2.45) is 22.7 Å². The van der Waals surface area contributed by atoms with Crippen molar-refractivity contribution in [2.75, 3.05) is 0 Å². The lowest BCUT2D eigenvalue weighted by Crippen LogP contribution is -2.61. The van der Waals surface area contributed by atoms with E-state index in [9.17, 15) is 31.5 Å². The molecule has 0 radical (unpaired) electrons. The Hall–Kier alpha value is -1.41. The minimum absolute atomic E-state index is 0.0113. The second-order valence-electron chi connectivity index (χ2n) is 10.3. The molecule has 4 aliphatic carbocycles. The first-order chi connectivity index (χ1) is 13.5. The van der Waals surface area contributed by atoms with E-state index in [2.05, 4.69) is 4.74 Å². The maximum atomic E-state index is 13.6. The Balaban J connectivity index is 1.85. The van der Waals surface area contributed by atoms with E-state index in [1.54, 1.807) is 13.8 Å². The fourth-order valence-corrected chi connectivity index (χ4v) is 5.71. The van der Waals surface area contributed by atoms with Gasteiger partial charge in [-0.15, -0.1) is 0 Å². The predicted octanol–water partition coefficient (Wildman–Crippen LogP) is 5.43. The van der Waals surface area contributed by atoms with Gasteiger partial charge < -0.3 is 9.47 Å². The molecule has 0 saturated heterocycles. The quantitative estimate of drug-likeness (QED) is 0.408. The number of esters is 2. The lowest BCUT2D eigenvalue weighted by molar-refractivity contribution is -0.282. The highest BCUT2D eigenvalue weighted by Crippen LogP contribution is 2.63. The van der Waals surface area contributed by atoms with Gasteiger partial charge in [0.15, 0.2) is 0 Å². The van der Waals surface area contributed by atoms with Crippen LogP contribution in [-0.4, -0.2) is 35.7 Å². The van der Waals surface area contributed by atoms with Crippen molar-refractivity contribution in [3.05, 3.63) is 0 Å². The van der Waals surface area contributed by atoms with E-state index < -0.39 is 46.6 Å². The highest BCUT2D eigenvalue weighted by atomic mass is 19.4. The van der Waals surface area contributed by atoms with Gasteiger partial charge in [0.05, 0.1) is 10.8 Å². The molecule has 4 rings (SSSR count). The molecule has 4 aliphatic rings. The van der Waals surface area contributed by atoms with Crippen LogP contribution in [0, 0.1) is 22.7 Å². The summed E-state index contributed by atoms with van der Waals surface area (Å²) in [5.74, 6) is -5.95. The average Bonchev–Trinajstić information content (AvgIpc) is 2.55. The van der Waals surface area contributed by atoms with Gasteiger partial charge in [-0.05, 0) is 64.2 Å². The number of hydrogen-bond donors (Lipinski definition) is 0. The lowest BCUT2D eigenvalue weighted by atomic mass is 9.48. The summed E-state index contributed by atoms with van der Waals surface area (Å²) in [6.07, 6.45) is -5.89. The highest BCUT2D eigenvalue weighted by molar-refractivity contribution is 5.79. The molecule has 9 heteroatoms. The molecule has 3 atom stereocenters. The maximum Gasteiger partial charge on any atom is 0.431 e. The maximum absolute atomic E-state index is 13.6. The molecule has 0 aromatic carbocycles. The van der Waals surface area contributed by atoms with Crippen molar-refractivity contribution < 1.29 is 41.0 Å². The molecule has 4 bridgehead atoms. The first kappa shape index (κ1) is 23.3. The summed E-state index contributed by atoms with van der Waals surface area (Å²) in [7, 11) is 0. The van der Waals surface area contributed by atoms with E-state index in [4.69, 9.17) is 4.74 Å². The third-order valence-corrected chi connectivity index (χ3v) is 7.17. The minimum atomic E-state index is -5.38. The van der Waals surface area contributed by atoms with Crippen LogP contribution in [0.4, 0.5) is 22.0 Å². The Morgan fingerprint density at radius 3 is 1.97 bits per heavy atom. The van der Waals surface area contributed by atoms with Crippen LogP contribution in [0.5, 0.6) is 0 Å². The molecular formula is C21H29F5O4. The molecule has 4 fully saturated rings. The summed E-state index contributed by atoms with van der Waals surface area (Å²) in [5, 5.41) is 0. The van der Waals surface area contributed by atoms with Gasteiger partial charge in [-0.1, -0.05) is 6.92 Å². The number of ether oxygens (including phenoxy) is 2. The number of carbonyl (C=O) groups excluding carboxylic acids is 2. The molecule has 0 spiro atoms. The molecule has 0 N–H and O–H groups in total. The van der Waals surface area contributed by atoms with E-state index in [-0.39, 0.29) is 38.0 Å². The number of halogens is 5. The topological polar surface area (TPSA) is 52.6 Å². The lowest BCUT2D eigenvalue weighted by Gasteiger charge is -2.60. The average molecular weight is 440 g/mol. The molecule has 4 nitrogen and oxygen atoms in total. The zero-order chi connectivity index (χ0) is 22.8. The summed E-state index contributed by atoms with van der Waals surface area (Å²) in [5.41, 5.74) is -3.01. The molecule has 30 heavy (non-hydrogen) atoms. The number of alkyl halides is 5. The molecule has 0 aromatic heterocycles. The van der Waals surface area contributed by atoms with Crippen molar-refractivity contribution in [1.82, 2.24) is 0 Å². The van der Waals surface area contributed by atoms with Crippen LogP contribution < -0.4 is 0 Å². The Kier molecular flexibility index (Phi) is 5.47. The van der Waals surface area contributed by atoms with Gasteiger partial charge in [0.25, 0.3) is 12.0 Å². The second kappa shape index (κ2) is 7.05. The van der Waals surface area contributed by atoms with Gasteiger partial charge in [-0.2, -0.15) is 13.2 Å². The Morgan fingerprint density at radius 1 is 1.00 bits per heavy atom. The van der Waals surface area contributed by atoms with Gasteiger partial charge in [-0.25, -0.2) is 8.78 Å². The predicted molar refractivity (Wildman–Crippen MR) is 96.6 cm³/mol. The van der Waals surface area contributed by atoms with Crippen LogP contribution in [0.2, 0.25) is 0 Å². The fourth-order valence-electron chi connectivity index (χ4n) is 5.71. The molecule has 0 aliphatic heterocycles. The Labute approximate surface area is 172 Å². The van der Waals surface area contributed by atoms with Gasteiger partial charge >= 0.3 is 18.1 Å². The molecular weight excluding hydrogens is 411 g/mol. The van der Waals surface area contributed by atoms with Crippen LogP contribution in [0.1, 0.15) is 72.6 Å². The number of carbonyl (C=O) groups is 2. The zero-order valence-electron chi connectivity index (χ0n) is 17.7. The third-order valence-electron chi connectivity index (χ3n) is 7.17. The summed E-state index contributed by atoms with van der Waals surface area (Å²) in [6, 6.07) is 0. The van der Waals surface area contributed by atoms with Crippen LogP contribution in [0.25, 0.3) is 0 Å². The summed E-state index contributed by atoms with van der Waals surface area (Å²) in [4.78, 5) is 25.6. The van der Waals surface area contributed by atoms with E-state index in [1.165, 1.54) is 0 Å². The largest absolute Gasteiger partial charge is 0.459 e. The standard InChI is InChI=1S/C21H29F5O4/c1-5-17(2,3)15(27)30-20-9-12-6-13(10-20)8-19(7-12,11-20)16(28)29-14(18(4,22)23)21(24,25)26/h12-14H,5-11H2,1-4H3. The van der Waals surface area contributed by atoms with Crippen LogP contribution in [-0.2, 0) is 19.1 Å². The fraction of sp³-hybridized carbons (Fsp3) is 0.905. The summed E-state index contributed by atoms with van der Waals surface area (Å²) < 4.78 is 76.9. The van der Waals surface area contributed by atoms with Crippen molar-refractivity contribution in [3.8, 4) is 0 Å². The van der Waals surface area contributed by atoms with Crippen molar-refractivity contribution in [3.63, 3.8) is 0 Å². The summed E-state index contributed by atoms with van der Waals surface area (Å²) >= 11 is 0. The van der Waals surface area contributed by atoms with Crippen LogP contribution in [0.3, 0.4) is 0 Å². The number of rotatable bonds is 6. The van der Waals surface area contributed by atoms with E-state index in [1.807, 2.05) is 6.92 Å². The van der Waals surface area contributed by atoms with Gasteiger partial charge in [0.1, 0.15) is 5.60 Å². The van der Waals surface area contributed by atoms with Gasteiger partial charge in [0, 0.05) is 13.3 Å². The van der Waals surface area contributed by atoms with Crippen molar-refractivity contribution in [1.29, 1.82) is 0 Å². The Morgan fingerprint density at radius 2 is 1.53 bits per heavy atom. The van der Waals surface area contributed by atoms with E-state index >= 15 is 0 Å². The van der Waals surface area contributed by atoms with Crippen molar-refractivity contribution in [2.45, 2.75) is 96.4 Å². The van der Waals surface area contributed by atoms with Crippen LogP contribution in [0.15, 0.2) is 0 Å².